The van der Waals surface area contributed by atoms with Gasteiger partial charge in [-0.05, 0) is 45.8 Å². The fourth-order valence-electron chi connectivity index (χ4n) is 2.53. The maximum absolute atomic E-state index is 4.52. The molecule has 0 aromatic carbocycles. The molecule has 0 spiro atoms. The lowest BCUT2D eigenvalue weighted by molar-refractivity contribution is 0.472. The zero-order valence-corrected chi connectivity index (χ0v) is 12.9. The number of aryl methyl sites for hydroxylation is 1. The number of rotatable bonds is 5. The van der Waals surface area contributed by atoms with Gasteiger partial charge < -0.3 is 10.6 Å². The molecule has 19 heavy (non-hydrogen) atoms. The van der Waals surface area contributed by atoms with Crippen LogP contribution in [0.3, 0.4) is 0 Å². The van der Waals surface area contributed by atoms with Crippen molar-refractivity contribution >= 4 is 23.5 Å². The highest BCUT2D eigenvalue weighted by molar-refractivity contribution is 7.99. The summed E-state index contributed by atoms with van der Waals surface area (Å²) in [5.74, 6) is 1.68. The van der Waals surface area contributed by atoms with E-state index >= 15 is 0 Å². The average Bonchev–Trinajstić information content (AvgIpc) is 2.39. The molecule has 0 unspecified atom stereocenters. The summed E-state index contributed by atoms with van der Waals surface area (Å²) in [6.07, 6.45) is 7.32. The molecule has 5 heteroatoms. The van der Waals surface area contributed by atoms with Gasteiger partial charge >= 0.3 is 0 Å². The smallest absolute Gasteiger partial charge is 0.224 e. The van der Waals surface area contributed by atoms with Crippen molar-refractivity contribution in [2.75, 3.05) is 23.4 Å². The first-order valence-electron chi connectivity index (χ1n) is 7.10. The van der Waals surface area contributed by atoms with Crippen LogP contribution in [0.4, 0.5) is 11.8 Å². The number of nitrogens with one attached hydrogen (secondary N) is 2. The molecule has 0 amide bonds. The van der Waals surface area contributed by atoms with Gasteiger partial charge in [0, 0.05) is 29.6 Å². The van der Waals surface area contributed by atoms with Crippen LogP contribution in [-0.4, -0.2) is 34.1 Å². The van der Waals surface area contributed by atoms with Crippen molar-refractivity contribution < 1.29 is 0 Å². The molecule has 0 radical (unpaired) electrons. The summed E-state index contributed by atoms with van der Waals surface area (Å²) in [6, 6.07) is 2.59. The highest BCUT2D eigenvalue weighted by Gasteiger charge is 2.20. The topological polar surface area (TPSA) is 49.8 Å². The van der Waals surface area contributed by atoms with Gasteiger partial charge in [0.05, 0.1) is 0 Å². The fourth-order valence-corrected chi connectivity index (χ4v) is 3.28. The molecule has 0 atom stereocenters. The number of anilines is 2. The predicted octanol–water partition coefficient (Wildman–Crippen LogP) is 3.30. The summed E-state index contributed by atoms with van der Waals surface area (Å²) in [4.78, 5) is 8.89. The van der Waals surface area contributed by atoms with Gasteiger partial charge in [0.2, 0.25) is 5.95 Å². The Morgan fingerprint density at radius 1 is 1.26 bits per heavy atom. The van der Waals surface area contributed by atoms with Crippen molar-refractivity contribution in [3.05, 3.63) is 11.8 Å². The minimum absolute atomic E-state index is 0.562. The molecule has 1 saturated carbocycles. The molecule has 1 aromatic heterocycles. The lowest BCUT2D eigenvalue weighted by Crippen LogP contribution is -2.27. The average molecular weight is 280 g/mol. The number of nitrogens with zero attached hydrogens (tertiary/aromatic N) is 2. The number of hydrogen-bond donors (Lipinski definition) is 2. The van der Waals surface area contributed by atoms with Crippen LogP contribution in [0.1, 0.15) is 38.3 Å². The van der Waals surface area contributed by atoms with Crippen molar-refractivity contribution in [2.45, 2.75) is 50.8 Å². The minimum Gasteiger partial charge on any atom is -0.367 e. The molecule has 0 saturated heterocycles. The highest BCUT2D eigenvalue weighted by atomic mass is 32.2. The van der Waals surface area contributed by atoms with Gasteiger partial charge in [-0.2, -0.15) is 16.7 Å². The molecule has 1 aliphatic carbocycles. The second kappa shape index (κ2) is 6.98. The molecule has 4 nitrogen and oxygen atoms in total. The fraction of sp³-hybridized carbons (Fsp3) is 0.714. The zero-order chi connectivity index (χ0) is 13.7. The molecule has 1 heterocycles. The number of thioether (sulfide) groups is 1. The molecule has 1 aliphatic rings. The van der Waals surface area contributed by atoms with Crippen LogP contribution in [0.15, 0.2) is 6.07 Å². The van der Waals surface area contributed by atoms with E-state index in [2.05, 4.69) is 33.8 Å². The third kappa shape index (κ3) is 4.27. The second-order valence-electron chi connectivity index (χ2n) is 5.10. The van der Waals surface area contributed by atoms with E-state index in [-0.39, 0.29) is 0 Å². The van der Waals surface area contributed by atoms with Crippen molar-refractivity contribution in [2.24, 2.45) is 0 Å². The quantitative estimate of drug-likeness (QED) is 0.866. The molecule has 2 rings (SSSR count). The Balaban J connectivity index is 1.95. The summed E-state index contributed by atoms with van der Waals surface area (Å²) < 4.78 is 0. The van der Waals surface area contributed by atoms with Crippen LogP contribution in [0.5, 0.6) is 0 Å². The third-order valence-corrected chi connectivity index (χ3v) is 4.69. The van der Waals surface area contributed by atoms with Gasteiger partial charge in [-0.1, -0.05) is 0 Å². The Hall–Kier alpha value is -0.970. The number of aromatic nitrogens is 2. The van der Waals surface area contributed by atoms with Gasteiger partial charge in [-0.3, -0.25) is 0 Å². The van der Waals surface area contributed by atoms with Gasteiger partial charge in [-0.25, -0.2) is 4.98 Å². The van der Waals surface area contributed by atoms with Crippen LogP contribution >= 0.6 is 11.8 Å². The van der Waals surface area contributed by atoms with E-state index in [1.165, 1.54) is 25.7 Å². The van der Waals surface area contributed by atoms with E-state index in [1.54, 1.807) is 0 Å². The maximum atomic E-state index is 4.52. The largest absolute Gasteiger partial charge is 0.367 e. The van der Waals surface area contributed by atoms with Gasteiger partial charge in [0.25, 0.3) is 0 Å². The van der Waals surface area contributed by atoms with Gasteiger partial charge in [0.1, 0.15) is 5.82 Å². The van der Waals surface area contributed by atoms with Crippen LogP contribution in [0, 0.1) is 6.92 Å². The Kier molecular flexibility index (Phi) is 5.31. The minimum atomic E-state index is 0.562. The Morgan fingerprint density at radius 3 is 2.63 bits per heavy atom. The van der Waals surface area contributed by atoms with Crippen LogP contribution < -0.4 is 10.6 Å². The van der Waals surface area contributed by atoms with Gasteiger partial charge in [-0.15, -0.1) is 0 Å². The van der Waals surface area contributed by atoms with Crippen LogP contribution in [0.25, 0.3) is 0 Å². The van der Waals surface area contributed by atoms with E-state index in [0.29, 0.717) is 6.04 Å². The third-order valence-electron chi connectivity index (χ3n) is 3.55. The van der Waals surface area contributed by atoms with Crippen molar-refractivity contribution in [3.8, 4) is 0 Å². The maximum Gasteiger partial charge on any atom is 0.224 e. The van der Waals surface area contributed by atoms with E-state index in [9.17, 15) is 0 Å². The molecular weight excluding hydrogens is 256 g/mol. The first-order chi connectivity index (χ1) is 9.21. The van der Waals surface area contributed by atoms with Gasteiger partial charge in [0.15, 0.2) is 0 Å². The van der Waals surface area contributed by atoms with E-state index in [0.717, 1.165) is 29.3 Å². The zero-order valence-electron chi connectivity index (χ0n) is 12.1. The second-order valence-corrected chi connectivity index (χ2v) is 6.24. The Bertz CT molecular complexity index is 402. The van der Waals surface area contributed by atoms with Crippen molar-refractivity contribution in [1.29, 1.82) is 0 Å². The number of hydrogen-bond acceptors (Lipinski definition) is 5. The van der Waals surface area contributed by atoms with Crippen molar-refractivity contribution in [3.63, 3.8) is 0 Å². The van der Waals surface area contributed by atoms with Crippen LogP contribution in [0.2, 0.25) is 0 Å². The summed E-state index contributed by atoms with van der Waals surface area (Å²) >= 11 is 2.00. The summed E-state index contributed by atoms with van der Waals surface area (Å²) in [6.45, 7) is 4.92. The monoisotopic (exact) mass is 280 g/mol. The molecule has 1 aromatic rings. The Morgan fingerprint density at radius 2 is 2.00 bits per heavy atom. The first kappa shape index (κ1) is 14.4. The highest BCUT2D eigenvalue weighted by Crippen LogP contribution is 2.28. The molecule has 2 N–H and O–H groups in total. The van der Waals surface area contributed by atoms with E-state index in [1.807, 2.05) is 24.8 Å². The van der Waals surface area contributed by atoms with Crippen molar-refractivity contribution in [1.82, 2.24) is 9.97 Å². The molecule has 0 bridgehead atoms. The molecule has 1 fully saturated rings. The standard InChI is InChI=1S/C14H24N4S/c1-4-15-14-16-10(2)9-13(18-14)17-11-5-7-12(19-3)8-6-11/h9,11-12H,4-8H2,1-3H3,(H2,15,16,17,18). The normalized spacial score (nSPS) is 23.1. The van der Waals surface area contributed by atoms with Crippen LogP contribution in [-0.2, 0) is 0 Å². The molecular formula is C14H24N4S. The first-order valence-corrected chi connectivity index (χ1v) is 8.39. The van der Waals surface area contributed by atoms with E-state index in [4.69, 9.17) is 0 Å². The summed E-state index contributed by atoms with van der Waals surface area (Å²) in [7, 11) is 0. The summed E-state index contributed by atoms with van der Waals surface area (Å²) in [5.41, 5.74) is 1.01. The lowest BCUT2D eigenvalue weighted by Gasteiger charge is -2.28. The molecule has 0 aliphatic heterocycles. The predicted molar refractivity (Wildman–Crippen MR) is 84.1 cm³/mol. The SMILES string of the molecule is CCNc1nc(C)cc(NC2CCC(SC)CC2)n1. The Labute approximate surface area is 120 Å². The summed E-state index contributed by atoms with van der Waals surface area (Å²) in [5, 5.41) is 7.59. The lowest BCUT2D eigenvalue weighted by atomic mass is 9.95. The van der Waals surface area contributed by atoms with E-state index < -0.39 is 0 Å². The molecule has 106 valence electrons.